The number of hydrogen-bond acceptors (Lipinski definition) is 2. The van der Waals surface area contributed by atoms with Crippen LogP contribution in [0.3, 0.4) is 0 Å². The average Bonchev–Trinajstić information content (AvgIpc) is 1.52. The second-order valence-corrected chi connectivity index (χ2v) is 35.8. The molecule has 0 aliphatic heterocycles. The van der Waals surface area contributed by atoms with Crippen LogP contribution in [-0.4, -0.2) is 0 Å². The molecular weight excluding hydrogens is 1450 g/mol. The first-order valence-corrected chi connectivity index (χ1v) is 42.7. The summed E-state index contributed by atoms with van der Waals surface area (Å²) >= 11 is 0. The van der Waals surface area contributed by atoms with Gasteiger partial charge in [0.05, 0.1) is 21.7 Å². The molecule has 0 radical (unpaired) electrons. The summed E-state index contributed by atoms with van der Waals surface area (Å²) in [6.07, 6.45) is 0.899. The molecule has 1 unspecified atom stereocenters. The Morgan fingerprint density at radius 1 is 0.158 bits per heavy atom. The Morgan fingerprint density at radius 2 is 0.350 bits per heavy atom. The van der Waals surface area contributed by atoms with Crippen LogP contribution in [0.1, 0.15) is 133 Å². The van der Waals surface area contributed by atoms with Crippen molar-refractivity contribution in [1.82, 2.24) is 0 Å². The van der Waals surface area contributed by atoms with Gasteiger partial charge in [-0.15, -0.1) is 0 Å². The van der Waals surface area contributed by atoms with Crippen LogP contribution < -0.4 is 9.80 Å². The minimum Gasteiger partial charge on any atom is -0.310 e. The number of fused-ring (bicyclic) bond motifs is 41. The lowest BCUT2D eigenvalue weighted by Crippen LogP contribution is -2.27. The zero-order valence-electron chi connectivity index (χ0n) is 66.8. The van der Waals surface area contributed by atoms with E-state index in [1.807, 2.05) is 0 Å². The van der Waals surface area contributed by atoms with Gasteiger partial charge in [-0.25, -0.2) is 0 Å². The Hall–Kier alpha value is -14.4. The standard InChI is InChI=1S/C118H78N2/c1-113(2)71-114(3,72-29-28-30-73(65-72)119(74-55-60-91-87-39-12-24-51-103(87)115(108(91)66-74)95-43-16-4-31-79(95)80-32-5-17-44-96(80)115)75-56-61-92-88-40-13-25-52-104(88)116(109(92)67-75)97-45-18-6-33-81(97)82-34-7-19-46-98(82)116)107-64-59-78(70-112(107)113)120(76-57-62-93-89-41-14-26-53-105(89)117(110(93)68-76)99-47-20-8-35-83(99)84-36-9-21-48-100(84)117)77-58-63-94-90-42-15-27-54-106(90)118(111(94)69-77)101-49-22-10-37-85(101)86-38-11-23-50-102(86)118/h4-70H,71H2,1-3H3. The molecule has 0 saturated heterocycles. The van der Waals surface area contributed by atoms with Crippen molar-refractivity contribution in [3.8, 4) is 89.0 Å². The van der Waals surface area contributed by atoms with Crippen molar-refractivity contribution in [2.24, 2.45) is 0 Å². The maximum absolute atomic E-state index is 2.63. The van der Waals surface area contributed by atoms with Crippen molar-refractivity contribution >= 4 is 34.1 Å². The van der Waals surface area contributed by atoms with Gasteiger partial charge >= 0.3 is 0 Å². The predicted octanol–water partition coefficient (Wildman–Crippen LogP) is 29.0. The summed E-state index contributed by atoms with van der Waals surface area (Å²) in [6.45, 7) is 7.56. The number of benzene rings is 18. The van der Waals surface area contributed by atoms with Crippen molar-refractivity contribution in [3.05, 3.63) is 512 Å². The Morgan fingerprint density at radius 3 is 0.583 bits per heavy atom. The third-order valence-electron chi connectivity index (χ3n) is 30.1. The molecule has 120 heavy (non-hydrogen) atoms. The highest BCUT2D eigenvalue weighted by Crippen LogP contribution is 2.70. The summed E-state index contributed by atoms with van der Waals surface area (Å²) in [5.41, 5.74) is 49.8. The summed E-state index contributed by atoms with van der Waals surface area (Å²) in [5.74, 6) is 0. The first kappa shape index (κ1) is 66.7. The molecule has 9 aliphatic carbocycles. The van der Waals surface area contributed by atoms with Crippen molar-refractivity contribution in [2.75, 3.05) is 9.80 Å². The molecule has 560 valence electrons. The summed E-state index contributed by atoms with van der Waals surface area (Å²) in [4.78, 5) is 5.24. The van der Waals surface area contributed by atoms with Gasteiger partial charge in [0.15, 0.2) is 0 Å². The van der Waals surface area contributed by atoms with Crippen molar-refractivity contribution < 1.29 is 0 Å². The van der Waals surface area contributed by atoms with Crippen LogP contribution in [0.2, 0.25) is 0 Å². The van der Waals surface area contributed by atoms with E-state index in [0.717, 1.165) is 40.5 Å². The van der Waals surface area contributed by atoms with E-state index in [-0.39, 0.29) is 5.41 Å². The summed E-state index contributed by atoms with van der Waals surface area (Å²) in [5, 5.41) is 0. The lowest BCUT2D eigenvalue weighted by Gasteiger charge is -2.34. The molecule has 4 spiro atoms. The van der Waals surface area contributed by atoms with Gasteiger partial charge in [0, 0.05) is 39.5 Å². The van der Waals surface area contributed by atoms with Crippen LogP contribution in [0.5, 0.6) is 0 Å². The highest BCUT2D eigenvalue weighted by atomic mass is 15.2. The first-order valence-electron chi connectivity index (χ1n) is 42.7. The molecule has 9 aliphatic rings. The molecule has 0 bridgehead atoms. The molecule has 1 atom stereocenters. The van der Waals surface area contributed by atoms with Crippen LogP contribution >= 0.6 is 0 Å². The van der Waals surface area contributed by atoms with Crippen LogP contribution in [0, 0.1) is 0 Å². The maximum atomic E-state index is 2.63. The molecule has 2 nitrogen and oxygen atoms in total. The van der Waals surface area contributed by atoms with E-state index in [1.165, 1.54) is 195 Å². The number of hydrogen-bond donors (Lipinski definition) is 0. The minimum atomic E-state index is -0.545. The fourth-order valence-electron chi connectivity index (χ4n) is 25.8. The van der Waals surface area contributed by atoms with Gasteiger partial charge in [-0.05, 0) is 279 Å². The smallest absolute Gasteiger partial charge is 0.0726 e. The lowest BCUT2D eigenvalue weighted by molar-refractivity contribution is 0.425. The molecule has 0 saturated carbocycles. The second kappa shape index (κ2) is 23.5. The Balaban J connectivity index is 0.661. The van der Waals surface area contributed by atoms with Gasteiger partial charge in [-0.3, -0.25) is 0 Å². The van der Waals surface area contributed by atoms with E-state index < -0.39 is 27.1 Å². The molecule has 27 rings (SSSR count). The fourth-order valence-corrected chi connectivity index (χ4v) is 25.8. The Bertz CT molecular complexity index is 6980. The van der Waals surface area contributed by atoms with E-state index >= 15 is 0 Å². The van der Waals surface area contributed by atoms with Gasteiger partial charge in [0.25, 0.3) is 0 Å². The van der Waals surface area contributed by atoms with Crippen molar-refractivity contribution in [1.29, 1.82) is 0 Å². The molecular formula is C118H78N2. The third-order valence-corrected chi connectivity index (χ3v) is 30.1. The van der Waals surface area contributed by atoms with Crippen LogP contribution in [0.15, 0.2) is 406 Å². The zero-order valence-corrected chi connectivity index (χ0v) is 66.8. The Labute approximate surface area is 700 Å². The predicted molar refractivity (Wildman–Crippen MR) is 492 cm³/mol. The third kappa shape index (κ3) is 8.02. The summed E-state index contributed by atoms with van der Waals surface area (Å²) in [7, 11) is 0. The van der Waals surface area contributed by atoms with E-state index in [1.54, 1.807) is 0 Å². The van der Waals surface area contributed by atoms with Crippen LogP contribution in [0.4, 0.5) is 34.1 Å². The van der Waals surface area contributed by atoms with E-state index in [0.29, 0.717) is 0 Å². The molecule has 0 fully saturated rings. The Kier molecular flexibility index (Phi) is 13.0. The summed E-state index contributed by atoms with van der Waals surface area (Å²) < 4.78 is 0. The van der Waals surface area contributed by atoms with Gasteiger partial charge in [0.1, 0.15) is 0 Å². The highest BCUT2D eigenvalue weighted by Gasteiger charge is 2.57. The van der Waals surface area contributed by atoms with Crippen molar-refractivity contribution in [2.45, 2.75) is 59.7 Å². The minimum absolute atomic E-state index is 0.266. The number of nitrogens with zero attached hydrogens (tertiary/aromatic N) is 2. The number of rotatable bonds is 7. The molecule has 0 N–H and O–H groups in total. The molecule has 0 heterocycles. The quantitative estimate of drug-likeness (QED) is 0.157. The number of anilines is 6. The SMILES string of the molecule is CC1(C)CC(C)(c2cccc(N(c3ccc4c(c3)C3(c5ccccc5-c5ccccc53)c3ccccc3-4)c3ccc4c(c3)C3(c5ccccc5-c5ccccc53)c3ccccc3-4)c2)c2ccc(N(c3ccc4c(c3)C3(c5ccccc5-c5ccccc53)c3ccccc3-4)c3ccc4c(c3)C3(c5ccccc5-c5ccccc53)c3ccccc3-4)cc21. The van der Waals surface area contributed by atoms with Gasteiger partial charge in [-0.2, -0.15) is 0 Å². The maximum Gasteiger partial charge on any atom is 0.0726 e. The topological polar surface area (TPSA) is 6.48 Å². The van der Waals surface area contributed by atoms with Crippen LogP contribution in [-0.2, 0) is 32.5 Å². The first-order chi connectivity index (χ1) is 59.1. The van der Waals surface area contributed by atoms with Gasteiger partial charge < -0.3 is 9.80 Å². The van der Waals surface area contributed by atoms with Gasteiger partial charge in [0.2, 0.25) is 0 Å². The largest absolute Gasteiger partial charge is 0.310 e. The average molecular weight is 1520 g/mol. The molecule has 2 heteroatoms. The monoisotopic (exact) mass is 1520 g/mol. The fraction of sp³-hybridized carbons (Fsp3) is 0.0847. The highest BCUT2D eigenvalue weighted by molar-refractivity contribution is 6.03. The van der Waals surface area contributed by atoms with Crippen LogP contribution in [0.25, 0.3) is 89.0 Å². The molecule has 18 aromatic rings. The van der Waals surface area contributed by atoms with E-state index in [9.17, 15) is 0 Å². The molecule has 0 amide bonds. The zero-order chi connectivity index (χ0) is 78.9. The summed E-state index contributed by atoms with van der Waals surface area (Å²) in [6, 6.07) is 158. The lowest BCUT2D eigenvalue weighted by atomic mass is 9.70. The van der Waals surface area contributed by atoms with E-state index in [2.05, 4.69) is 437 Å². The van der Waals surface area contributed by atoms with Gasteiger partial charge in [-0.1, -0.05) is 354 Å². The van der Waals surface area contributed by atoms with Crippen molar-refractivity contribution in [3.63, 3.8) is 0 Å². The molecule has 0 aromatic heterocycles. The van der Waals surface area contributed by atoms with E-state index in [4.69, 9.17) is 0 Å². The second-order valence-electron chi connectivity index (χ2n) is 35.8. The molecule has 18 aromatic carbocycles. The normalized spacial score (nSPS) is 16.8.